The van der Waals surface area contributed by atoms with Crippen LogP contribution in [0.3, 0.4) is 0 Å². The molecule has 0 spiro atoms. The molecule has 3 atom stereocenters. The first kappa shape index (κ1) is 10.7. The maximum atomic E-state index is 4.79. The van der Waals surface area contributed by atoms with Crippen molar-refractivity contribution in [3.63, 3.8) is 0 Å². The predicted octanol–water partition coefficient (Wildman–Crippen LogP) is 3.54. The van der Waals surface area contributed by atoms with Gasteiger partial charge in [-0.15, -0.1) is 0 Å². The molecule has 84 valence electrons. The second-order valence-electron chi connectivity index (χ2n) is 5.19. The Morgan fingerprint density at radius 2 is 2.27 bits per heavy atom. The topological polar surface area (TPSA) is 17.8 Å². The van der Waals surface area contributed by atoms with Crippen LogP contribution in [-0.4, -0.2) is 9.55 Å². The van der Waals surface area contributed by atoms with Crippen LogP contribution in [0.15, 0.2) is 6.20 Å². The third-order valence-electron chi connectivity index (χ3n) is 3.69. The van der Waals surface area contributed by atoms with Gasteiger partial charge >= 0.3 is 0 Å². The van der Waals surface area contributed by atoms with Gasteiger partial charge in [0.25, 0.3) is 0 Å². The maximum absolute atomic E-state index is 4.79. The fourth-order valence-corrected chi connectivity index (χ4v) is 2.52. The minimum absolute atomic E-state index is 0.602. The Kier molecular flexibility index (Phi) is 2.85. The molecule has 0 N–H and O–H groups in total. The van der Waals surface area contributed by atoms with Crippen LogP contribution in [0, 0.1) is 5.92 Å². The number of hydrogen-bond donors (Lipinski definition) is 0. The van der Waals surface area contributed by atoms with Crippen molar-refractivity contribution in [1.29, 1.82) is 0 Å². The highest BCUT2D eigenvalue weighted by molar-refractivity contribution is 5.12. The van der Waals surface area contributed by atoms with Crippen LogP contribution in [-0.2, 0) is 6.42 Å². The van der Waals surface area contributed by atoms with E-state index in [0.717, 1.165) is 12.3 Å². The maximum Gasteiger partial charge on any atom is 0.109 e. The van der Waals surface area contributed by atoms with Crippen LogP contribution in [0.2, 0.25) is 0 Å². The Labute approximate surface area is 92.7 Å². The minimum atomic E-state index is 0.602. The normalized spacial score (nSPS) is 27.5. The molecule has 1 aromatic rings. The molecule has 0 saturated heterocycles. The van der Waals surface area contributed by atoms with Crippen molar-refractivity contribution >= 4 is 0 Å². The van der Waals surface area contributed by atoms with E-state index in [4.69, 9.17) is 4.98 Å². The number of fused-ring (bicyclic) bond motifs is 1. The first-order chi connectivity index (χ1) is 7.11. The van der Waals surface area contributed by atoms with Gasteiger partial charge in [-0.05, 0) is 31.6 Å². The zero-order chi connectivity index (χ0) is 11.0. The summed E-state index contributed by atoms with van der Waals surface area (Å²) < 4.78 is 2.39. The molecule has 15 heavy (non-hydrogen) atoms. The predicted molar refractivity (Wildman–Crippen MR) is 63.1 cm³/mol. The van der Waals surface area contributed by atoms with Crippen LogP contribution >= 0.6 is 0 Å². The van der Waals surface area contributed by atoms with E-state index in [9.17, 15) is 0 Å². The molecule has 2 rings (SSSR count). The molecule has 2 nitrogen and oxygen atoms in total. The van der Waals surface area contributed by atoms with E-state index in [2.05, 4.69) is 38.5 Å². The summed E-state index contributed by atoms with van der Waals surface area (Å²) in [5, 5.41) is 0. The molecule has 2 heteroatoms. The van der Waals surface area contributed by atoms with Crippen LogP contribution in [0.1, 0.15) is 64.0 Å². The SMILES string of the molecule is CCC(C)c1cn2c(n1)CC(C)CC2C. The fraction of sp³-hybridized carbons (Fsp3) is 0.769. The molecule has 1 aromatic heterocycles. The number of nitrogens with zero attached hydrogens (tertiary/aromatic N) is 2. The highest BCUT2D eigenvalue weighted by atomic mass is 15.1. The van der Waals surface area contributed by atoms with E-state index in [0.29, 0.717) is 12.0 Å². The van der Waals surface area contributed by atoms with Gasteiger partial charge in [0.15, 0.2) is 0 Å². The molecule has 0 saturated carbocycles. The zero-order valence-electron chi connectivity index (χ0n) is 10.3. The van der Waals surface area contributed by atoms with Crippen molar-refractivity contribution in [1.82, 2.24) is 9.55 Å². The number of imidazole rings is 1. The van der Waals surface area contributed by atoms with Crippen LogP contribution in [0.5, 0.6) is 0 Å². The molecule has 0 aromatic carbocycles. The molecule has 0 amide bonds. The Balaban J connectivity index is 2.30. The smallest absolute Gasteiger partial charge is 0.109 e. The number of hydrogen-bond acceptors (Lipinski definition) is 1. The van der Waals surface area contributed by atoms with E-state index < -0.39 is 0 Å². The molecular formula is C13H22N2. The Bertz CT molecular complexity index is 340. The third-order valence-corrected chi connectivity index (χ3v) is 3.69. The molecule has 0 radical (unpaired) electrons. The lowest BCUT2D eigenvalue weighted by Gasteiger charge is -2.26. The van der Waals surface area contributed by atoms with Crippen LogP contribution in [0.25, 0.3) is 0 Å². The van der Waals surface area contributed by atoms with Gasteiger partial charge in [0.1, 0.15) is 5.82 Å². The zero-order valence-corrected chi connectivity index (χ0v) is 10.3. The van der Waals surface area contributed by atoms with Gasteiger partial charge < -0.3 is 4.57 Å². The Morgan fingerprint density at radius 1 is 1.53 bits per heavy atom. The number of aromatic nitrogens is 2. The molecule has 0 bridgehead atoms. The highest BCUT2D eigenvalue weighted by Crippen LogP contribution is 2.30. The molecule has 0 aliphatic carbocycles. The summed E-state index contributed by atoms with van der Waals surface area (Å²) in [4.78, 5) is 4.79. The van der Waals surface area contributed by atoms with E-state index in [1.54, 1.807) is 0 Å². The quantitative estimate of drug-likeness (QED) is 0.723. The van der Waals surface area contributed by atoms with Crippen molar-refractivity contribution < 1.29 is 0 Å². The van der Waals surface area contributed by atoms with Gasteiger partial charge in [0.05, 0.1) is 5.69 Å². The molecule has 2 heterocycles. The third kappa shape index (κ3) is 1.95. The standard InChI is InChI=1S/C13H22N2/c1-5-10(3)12-8-15-11(4)6-9(2)7-13(15)14-12/h8-11H,5-7H2,1-4H3. The number of rotatable bonds is 2. The van der Waals surface area contributed by atoms with Gasteiger partial charge in [-0.25, -0.2) is 4.98 Å². The molecule has 1 aliphatic heterocycles. The largest absolute Gasteiger partial charge is 0.332 e. The summed E-state index contributed by atoms with van der Waals surface area (Å²) in [5.41, 5.74) is 1.29. The van der Waals surface area contributed by atoms with E-state index in [1.807, 2.05) is 0 Å². The van der Waals surface area contributed by atoms with Gasteiger partial charge in [-0.3, -0.25) is 0 Å². The average molecular weight is 206 g/mol. The summed E-state index contributed by atoms with van der Waals surface area (Å²) >= 11 is 0. The second-order valence-corrected chi connectivity index (χ2v) is 5.19. The fourth-order valence-electron chi connectivity index (χ4n) is 2.52. The first-order valence-corrected chi connectivity index (χ1v) is 6.19. The van der Waals surface area contributed by atoms with E-state index >= 15 is 0 Å². The lowest BCUT2D eigenvalue weighted by atomic mass is 9.95. The molecule has 3 unspecified atom stereocenters. The molecule has 1 aliphatic rings. The van der Waals surface area contributed by atoms with Crippen LogP contribution in [0.4, 0.5) is 0 Å². The Morgan fingerprint density at radius 3 is 2.93 bits per heavy atom. The summed E-state index contributed by atoms with van der Waals surface area (Å²) in [6.45, 7) is 9.14. The van der Waals surface area contributed by atoms with Crippen LogP contribution < -0.4 is 0 Å². The second kappa shape index (κ2) is 3.99. The lowest BCUT2D eigenvalue weighted by molar-refractivity contribution is 0.343. The van der Waals surface area contributed by atoms with Crippen molar-refractivity contribution in [2.45, 2.75) is 58.9 Å². The molecule has 0 fully saturated rings. The van der Waals surface area contributed by atoms with Gasteiger partial charge in [0, 0.05) is 18.7 Å². The monoisotopic (exact) mass is 206 g/mol. The van der Waals surface area contributed by atoms with Crippen molar-refractivity contribution in [3.8, 4) is 0 Å². The summed E-state index contributed by atoms with van der Waals surface area (Å²) in [6, 6.07) is 0.633. The summed E-state index contributed by atoms with van der Waals surface area (Å²) in [5.74, 6) is 2.70. The van der Waals surface area contributed by atoms with Crippen molar-refractivity contribution in [2.75, 3.05) is 0 Å². The summed E-state index contributed by atoms with van der Waals surface area (Å²) in [7, 11) is 0. The lowest BCUT2D eigenvalue weighted by Crippen LogP contribution is -2.20. The molecular weight excluding hydrogens is 184 g/mol. The first-order valence-electron chi connectivity index (χ1n) is 6.19. The Hall–Kier alpha value is -0.790. The van der Waals surface area contributed by atoms with Crippen molar-refractivity contribution in [2.24, 2.45) is 5.92 Å². The van der Waals surface area contributed by atoms with Gasteiger partial charge in [-0.1, -0.05) is 20.8 Å². The van der Waals surface area contributed by atoms with Gasteiger partial charge in [-0.2, -0.15) is 0 Å². The van der Waals surface area contributed by atoms with Crippen molar-refractivity contribution in [3.05, 3.63) is 17.7 Å². The van der Waals surface area contributed by atoms with E-state index in [1.165, 1.54) is 24.4 Å². The van der Waals surface area contributed by atoms with Gasteiger partial charge in [0.2, 0.25) is 0 Å². The average Bonchev–Trinajstić information content (AvgIpc) is 2.60. The highest BCUT2D eigenvalue weighted by Gasteiger charge is 2.23. The van der Waals surface area contributed by atoms with E-state index in [-0.39, 0.29) is 0 Å². The minimum Gasteiger partial charge on any atom is -0.332 e. The summed E-state index contributed by atoms with van der Waals surface area (Å²) in [6.07, 6.45) is 5.91.